The average Bonchev–Trinajstić information content (AvgIpc) is 3.52. The van der Waals surface area contributed by atoms with E-state index in [1.807, 2.05) is 18.3 Å². The first-order chi connectivity index (χ1) is 15.2. The fourth-order valence-corrected chi connectivity index (χ4v) is 4.33. The van der Waals surface area contributed by atoms with Crippen LogP contribution in [-0.4, -0.2) is 25.1 Å². The summed E-state index contributed by atoms with van der Waals surface area (Å²) in [5.74, 6) is 1.65. The van der Waals surface area contributed by atoms with E-state index in [1.54, 1.807) is 19.1 Å². The minimum absolute atomic E-state index is 0.0790. The molecular weight excluding hydrogens is 395 g/mol. The van der Waals surface area contributed by atoms with E-state index in [2.05, 4.69) is 37.6 Å². The lowest BCUT2D eigenvalue weighted by molar-refractivity contribution is 0.368. The molecule has 0 saturated heterocycles. The summed E-state index contributed by atoms with van der Waals surface area (Å²) in [4.78, 5) is 16.1. The Morgan fingerprint density at radius 3 is 2.71 bits per heavy atom. The van der Waals surface area contributed by atoms with Crippen molar-refractivity contribution in [3.8, 4) is 11.3 Å². The second-order valence-electron chi connectivity index (χ2n) is 7.77. The van der Waals surface area contributed by atoms with Crippen molar-refractivity contribution in [2.75, 3.05) is 0 Å². The Bertz CT molecular complexity index is 1380. The molecule has 2 aromatic carbocycles. The van der Waals surface area contributed by atoms with Crippen LogP contribution in [0.1, 0.15) is 40.9 Å². The minimum atomic E-state index is -0.265. The molecule has 3 aromatic heterocycles. The maximum Gasteiger partial charge on any atom is 0.223 e. The second kappa shape index (κ2) is 6.88. The third-order valence-electron chi connectivity index (χ3n) is 5.78. The zero-order valence-electron chi connectivity index (χ0n) is 16.7. The fraction of sp³-hybridized carbons (Fsp3) is 0.174. The van der Waals surface area contributed by atoms with Gasteiger partial charge in [0.05, 0.1) is 11.7 Å². The van der Waals surface area contributed by atoms with E-state index in [1.165, 1.54) is 23.1 Å². The largest absolute Gasteiger partial charge is 0.356 e. The van der Waals surface area contributed by atoms with Crippen LogP contribution in [0.2, 0.25) is 0 Å². The average molecular weight is 414 g/mol. The first-order valence-electron chi connectivity index (χ1n) is 10.1. The van der Waals surface area contributed by atoms with Crippen LogP contribution in [0.5, 0.6) is 0 Å². The number of para-hydroxylation sites is 1. The van der Waals surface area contributed by atoms with Gasteiger partial charge in [-0.05, 0) is 42.3 Å². The van der Waals surface area contributed by atoms with E-state index in [9.17, 15) is 4.39 Å². The molecule has 0 saturated carbocycles. The van der Waals surface area contributed by atoms with Gasteiger partial charge in [-0.2, -0.15) is 4.98 Å². The number of benzene rings is 2. The quantitative estimate of drug-likeness (QED) is 0.408. The summed E-state index contributed by atoms with van der Waals surface area (Å²) in [7, 11) is 0. The zero-order chi connectivity index (χ0) is 20.9. The van der Waals surface area contributed by atoms with E-state index in [-0.39, 0.29) is 17.9 Å². The third-order valence-corrected chi connectivity index (χ3v) is 5.78. The van der Waals surface area contributed by atoms with Gasteiger partial charge in [0.25, 0.3) is 0 Å². The maximum atomic E-state index is 13.3. The fourth-order valence-electron chi connectivity index (χ4n) is 4.33. The molecule has 0 fully saturated rings. The third kappa shape index (κ3) is 3.03. The molecule has 0 spiro atoms. The first kappa shape index (κ1) is 18.0. The Morgan fingerprint density at radius 1 is 1.06 bits per heavy atom. The highest BCUT2D eigenvalue weighted by atomic mass is 19.1. The van der Waals surface area contributed by atoms with E-state index >= 15 is 0 Å². The van der Waals surface area contributed by atoms with Crippen molar-refractivity contribution in [3.63, 3.8) is 0 Å². The minimum Gasteiger partial charge on any atom is -0.356 e. The lowest BCUT2D eigenvalue weighted by atomic mass is 9.93. The maximum absolute atomic E-state index is 13.3. The molecule has 0 bridgehead atoms. The van der Waals surface area contributed by atoms with Crippen LogP contribution in [0, 0.1) is 12.7 Å². The Kier molecular flexibility index (Phi) is 4.00. The number of H-pyrrole nitrogens is 2. The smallest absolute Gasteiger partial charge is 0.223 e. The molecule has 4 heterocycles. The standard InChI is InChI=1S/C23H19FN6O/c1-12-26-23(30-31-12)21-20-16(15-4-2-3-5-17(15)27-20)10-18(28-21)22-25-11-19(29-22)13-6-8-14(24)9-7-13/h2-9,11,18,21,27-28H,10H2,1H3,(H,25,29)/t18-,21?/m1/s1. The Balaban J connectivity index is 1.42. The summed E-state index contributed by atoms with van der Waals surface area (Å²) in [5.41, 5.74) is 4.97. The molecule has 3 N–H and O–H groups in total. The summed E-state index contributed by atoms with van der Waals surface area (Å²) < 4.78 is 18.5. The lowest BCUT2D eigenvalue weighted by Crippen LogP contribution is -2.35. The molecule has 5 aromatic rings. The van der Waals surface area contributed by atoms with Crippen LogP contribution in [0.4, 0.5) is 4.39 Å². The van der Waals surface area contributed by atoms with Crippen LogP contribution in [0.25, 0.3) is 22.2 Å². The van der Waals surface area contributed by atoms with Crippen LogP contribution < -0.4 is 5.32 Å². The van der Waals surface area contributed by atoms with Gasteiger partial charge in [-0.15, -0.1) is 0 Å². The summed E-state index contributed by atoms with van der Waals surface area (Å²) in [6.45, 7) is 1.78. The Hall–Kier alpha value is -3.78. The highest BCUT2D eigenvalue weighted by Gasteiger charge is 2.35. The topological polar surface area (TPSA) is 95.4 Å². The van der Waals surface area contributed by atoms with E-state index in [0.717, 1.165) is 34.7 Å². The highest BCUT2D eigenvalue weighted by Crippen LogP contribution is 2.38. The van der Waals surface area contributed by atoms with Crippen LogP contribution in [0.3, 0.4) is 0 Å². The summed E-state index contributed by atoms with van der Waals surface area (Å²) >= 11 is 0. The van der Waals surface area contributed by atoms with Crippen molar-refractivity contribution in [3.05, 3.63) is 89.3 Å². The summed E-state index contributed by atoms with van der Waals surface area (Å²) in [6, 6.07) is 14.3. The number of halogens is 1. The van der Waals surface area contributed by atoms with Crippen molar-refractivity contribution in [1.29, 1.82) is 0 Å². The Labute approximate surface area is 176 Å². The molecule has 8 heteroatoms. The number of imidazole rings is 1. The van der Waals surface area contributed by atoms with Crippen molar-refractivity contribution in [1.82, 2.24) is 30.4 Å². The highest BCUT2D eigenvalue weighted by molar-refractivity contribution is 5.85. The lowest BCUT2D eigenvalue weighted by Gasteiger charge is -2.28. The van der Waals surface area contributed by atoms with Crippen molar-refractivity contribution in [2.45, 2.75) is 25.4 Å². The van der Waals surface area contributed by atoms with Gasteiger partial charge in [0.2, 0.25) is 5.89 Å². The van der Waals surface area contributed by atoms with Gasteiger partial charge in [-0.3, -0.25) is 5.32 Å². The summed E-state index contributed by atoms with van der Waals surface area (Å²) in [6.07, 6.45) is 2.60. The molecule has 0 radical (unpaired) electrons. The normalized spacial score (nSPS) is 18.4. The van der Waals surface area contributed by atoms with Gasteiger partial charge < -0.3 is 14.5 Å². The van der Waals surface area contributed by atoms with Crippen molar-refractivity contribution in [2.24, 2.45) is 0 Å². The predicted molar refractivity (Wildman–Crippen MR) is 113 cm³/mol. The van der Waals surface area contributed by atoms with Crippen LogP contribution in [0.15, 0.2) is 59.3 Å². The predicted octanol–water partition coefficient (Wildman–Crippen LogP) is 4.36. The van der Waals surface area contributed by atoms with E-state index < -0.39 is 0 Å². The van der Waals surface area contributed by atoms with Crippen molar-refractivity contribution >= 4 is 10.9 Å². The molecule has 1 aliphatic rings. The summed E-state index contributed by atoms with van der Waals surface area (Å²) in [5, 5.41) is 8.96. The molecule has 1 aliphatic heterocycles. The van der Waals surface area contributed by atoms with Gasteiger partial charge in [-0.25, -0.2) is 9.37 Å². The van der Waals surface area contributed by atoms with E-state index in [4.69, 9.17) is 9.51 Å². The number of rotatable bonds is 3. The number of aromatic amines is 2. The number of nitrogens with one attached hydrogen (secondary N) is 3. The molecule has 7 nitrogen and oxygen atoms in total. The monoisotopic (exact) mass is 414 g/mol. The van der Waals surface area contributed by atoms with Gasteiger partial charge >= 0.3 is 0 Å². The van der Waals surface area contributed by atoms with E-state index in [0.29, 0.717) is 11.7 Å². The molecule has 2 atom stereocenters. The number of aromatic nitrogens is 5. The molecule has 1 unspecified atom stereocenters. The zero-order valence-corrected chi connectivity index (χ0v) is 16.7. The SMILES string of the molecule is Cc1nc(C2N[C@@H](c3nc(-c4ccc(F)cc4)c[nH]3)Cc3c2[nH]c2ccccc32)no1. The molecule has 0 amide bonds. The van der Waals surface area contributed by atoms with Crippen LogP contribution in [-0.2, 0) is 6.42 Å². The Morgan fingerprint density at radius 2 is 1.90 bits per heavy atom. The van der Waals surface area contributed by atoms with Crippen molar-refractivity contribution < 1.29 is 8.91 Å². The number of fused-ring (bicyclic) bond motifs is 3. The molecule has 31 heavy (non-hydrogen) atoms. The number of hydrogen-bond donors (Lipinski definition) is 3. The second-order valence-corrected chi connectivity index (χ2v) is 7.77. The molecule has 0 aliphatic carbocycles. The van der Waals surface area contributed by atoms with Gasteiger partial charge in [0, 0.05) is 35.3 Å². The van der Waals surface area contributed by atoms with Crippen LogP contribution >= 0.6 is 0 Å². The molecular formula is C23H19FN6O. The first-order valence-corrected chi connectivity index (χ1v) is 10.1. The van der Waals surface area contributed by atoms with Gasteiger partial charge in [0.1, 0.15) is 17.7 Å². The molecule has 6 rings (SSSR count). The number of aryl methyl sites for hydroxylation is 1. The number of hydrogen-bond acceptors (Lipinski definition) is 5. The van der Waals surface area contributed by atoms with Gasteiger partial charge in [-0.1, -0.05) is 23.4 Å². The number of nitrogens with zero attached hydrogens (tertiary/aromatic N) is 3. The van der Waals surface area contributed by atoms with Gasteiger partial charge in [0.15, 0.2) is 5.82 Å². The molecule has 154 valence electrons.